The van der Waals surface area contributed by atoms with Gasteiger partial charge in [-0.1, -0.05) is 24.3 Å². The fourth-order valence-corrected chi connectivity index (χ4v) is 3.05. The minimum atomic E-state index is -1.20. The summed E-state index contributed by atoms with van der Waals surface area (Å²) in [4.78, 5) is 0. The van der Waals surface area contributed by atoms with Gasteiger partial charge in [0.15, 0.2) is 21.4 Å². The average molecular weight is 356 g/mol. The van der Waals surface area contributed by atoms with Crippen LogP contribution in [0, 0.1) is 17.5 Å². The molecule has 24 heavy (non-hydrogen) atoms. The van der Waals surface area contributed by atoms with Crippen LogP contribution in [-0.2, 0) is 13.9 Å². The first-order valence-corrected chi connectivity index (χ1v) is 8.92. The Kier molecular flexibility index (Phi) is 6.98. The zero-order chi connectivity index (χ0) is 17.5. The second kappa shape index (κ2) is 8.98. The van der Waals surface area contributed by atoms with Gasteiger partial charge in [-0.05, 0) is 30.7 Å². The van der Waals surface area contributed by atoms with Crippen molar-refractivity contribution in [2.24, 2.45) is 0 Å². The van der Waals surface area contributed by atoms with E-state index in [1.165, 1.54) is 0 Å². The van der Waals surface area contributed by atoms with Crippen LogP contribution in [-0.4, -0.2) is 29.5 Å². The van der Waals surface area contributed by atoms with Crippen molar-refractivity contribution in [2.75, 3.05) is 13.2 Å². The smallest absolute Gasteiger partial charge is 0.261 e. The van der Waals surface area contributed by atoms with Crippen LogP contribution in [0.2, 0.25) is 0 Å². The molecule has 0 unspecified atom stereocenters. The van der Waals surface area contributed by atoms with Gasteiger partial charge in [-0.3, -0.25) is 0 Å². The molecule has 7 heteroatoms. The van der Waals surface area contributed by atoms with E-state index in [1.54, 1.807) is 24.3 Å². The zero-order valence-electron chi connectivity index (χ0n) is 13.5. The number of hydrogen-bond acceptors (Lipinski definition) is 3. The van der Waals surface area contributed by atoms with Crippen molar-refractivity contribution in [1.82, 2.24) is 0 Å². The van der Waals surface area contributed by atoms with Gasteiger partial charge in [-0.2, -0.15) is 0 Å². The number of benzene rings is 2. The lowest BCUT2D eigenvalue weighted by molar-refractivity contribution is -0.242. The highest BCUT2D eigenvalue weighted by molar-refractivity contribution is 6.46. The average Bonchev–Trinajstić information content (AvgIpc) is 2.57. The van der Waals surface area contributed by atoms with Gasteiger partial charge in [-0.15, -0.1) is 0 Å². The Morgan fingerprint density at radius 2 is 1.46 bits per heavy atom. The minimum absolute atomic E-state index is 0.0181. The van der Waals surface area contributed by atoms with Crippen LogP contribution in [0.4, 0.5) is 13.2 Å². The van der Waals surface area contributed by atoms with Crippen molar-refractivity contribution in [3.8, 4) is 11.1 Å². The Balaban J connectivity index is 2.06. The fourth-order valence-electron chi connectivity index (χ4n) is 2.11. The van der Waals surface area contributed by atoms with E-state index >= 15 is 0 Å². The second-order valence-electron chi connectivity index (χ2n) is 4.95. The minimum Gasteiger partial charge on any atom is -0.373 e. The van der Waals surface area contributed by atoms with Crippen LogP contribution in [0.1, 0.15) is 13.8 Å². The summed E-state index contributed by atoms with van der Waals surface area (Å²) in [5, 5.41) is 0.950. The lowest BCUT2D eigenvalue weighted by atomic mass is 10.1. The van der Waals surface area contributed by atoms with Gasteiger partial charge in [-0.25, -0.2) is 13.2 Å². The predicted molar refractivity (Wildman–Crippen MR) is 88.1 cm³/mol. The largest absolute Gasteiger partial charge is 0.373 e. The summed E-state index contributed by atoms with van der Waals surface area (Å²) in [6, 6.07) is 8.25. The third-order valence-corrected chi connectivity index (χ3v) is 4.51. The summed E-state index contributed by atoms with van der Waals surface area (Å²) >= 11 is 0. The van der Waals surface area contributed by atoms with Crippen LogP contribution in [0.25, 0.3) is 11.1 Å². The van der Waals surface area contributed by atoms with Crippen molar-refractivity contribution in [3.63, 3.8) is 0 Å². The summed E-state index contributed by atoms with van der Waals surface area (Å²) in [5.41, 5.74) is 0.486. The van der Waals surface area contributed by atoms with E-state index in [1.807, 2.05) is 13.8 Å². The van der Waals surface area contributed by atoms with Crippen LogP contribution < -0.4 is 5.19 Å². The van der Waals surface area contributed by atoms with Gasteiger partial charge >= 0.3 is 0 Å². The van der Waals surface area contributed by atoms with Gasteiger partial charge in [0.05, 0.1) is 0 Å². The highest BCUT2D eigenvalue weighted by Gasteiger charge is 2.12. The number of halogens is 3. The maximum absolute atomic E-state index is 13.8. The predicted octanol–water partition coefficient (Wildman–Crippen LogP) is 2.85. The molecule has 0 saturated carbocycles. The monoisotopic (exact) mass is 356 g/mol. The van der Waals surface area contributed by atoms with E-state index in [0.29, 0.717) is 24.8 Å². The van der Waals surface area contributed by atoms with E-state index in [2.05, 4.69) is 0 Å². The van der Waals surface area contributed by atoms with Gasteiger partial charge in [0.2, 0.25) is 0 Å². The van der Waals surface area contributed by atoms with E-state index in [0.717, 1.165) is 11.3 Å². The molecule has 0 amide bonds. The fraction of sp³-hybridized carbons (Fsp3) is 0.294. The molecule has 3 nitrogen and oxygen atoms in total. The first-order valence-electron chi connectivity index (χ1n) is 7.63. The molecule has 130 valence electrons. The van der Waals surface area contributed by atoms with Crippen molar-refractivity contribution >= 4 is 14.9 Å². The molecule has 0 aromatic heterocycles. The molecular weight excluding hydrogens is 337 g/mol. The van der Waals surface area contributed by atoms with E-state index in [4.69, 9.17) is 13.9 Å². The molecule has 0 radical (unpaired) electrons. The molecule has 0 fully saturated rings. The quantitative estimate of drug-likeness (QED) is 0.414. The zero-order valence-corrected chi connectivity index (χ0v) is 14.9. The van der Waals surface area contributed by atoms with E-state index in [9.17, 15) is 13.2 Å². The summed E-state index contributed by atoms with van der Waals surface area (Å²) in [5.74, 6) is -3.08. The summed E-state index contributed by atoms with van der Waals surface area (Å²) in [6.07, 6.45) is 0. The molecule has 0 bridgehead atoms. The summed E-state index contributed by atoms with van der Waals surface area (Å²) in [6.45, 7) is 3.97. The molecule has 0 aliphatic carbocycles. The summed E-state index contributed by atoms with van der Waals surface area (Å²) < 4.78 is 56.3. The molecule has 2 aromatic rings. The highest BCUT2D eigenvalue weighted by Crippen LogP contribution is 2.24. The Hall–Kier alpha value is -1.67. The van der Waals surface area contributed by atoms with Crippen LogP contribution in [0.15, 0.2) is 36.4 Å². The number of ether oxygens (including phenoxy) is 2. The Morgan fingerprint density at radius 3 is 2.04 bits per heavy atom. The molecule has 0 aliphatic heterocycles. The van der Waals surface area contributed by atoms with Crippen molar-refractivity contribution in [3.05, 3.63) is 53.8 Å². The Bertz CT molecular complexity index is 659. The third kappa shape index (κ3) is 4.91. The molecule has 2 aromatic carbocycles. The van der Waals surface area contributed by atoms with Crippen molar-refractivity contribution in [1.29, 1.82) is 0 Å². The third-order valence-electron chi connectivity index (χ3n) is 3.27. The van der Waals surface area contributed by atoms with Gasteiger partial charge in [0.1, 0.15) is 5.82 Å². The Morgan fingerprint density at radius 1 is 0.875 bits per heavy atom. The maximum atomic E-state index is 13.8. The van der Waals surface area contributed by atoms with Gasteiger partial charge < -0.3 is 13.9 Å². The molecule has 0 saturated heterocycles. The lowest BCUT2D eigenvalue weighted by Crippen LogP contribution is -2.28. The normalized spacial score (nSPS) is 11.8. The van der Waals surface area contributed by atoms with Crippen LogP contribution in [0.3, 0.4) is 0 Å². The number of hydrogen-bond donors (Lipinski definition) is 0. The highest BCUT2D eigenvalue weighted by atomic mass is 28.2. The molecule has 0 aliphatic rings. The second-order valence-corrected chi connectivity index (χ2v) is 6.39. The summed E-state index contributed by atoms with van der Waals surface area (Å²) in [7, 11) is -1.10. The molecule has 0 N–H and O–H groups in total. The van der Waals surface area contributed by atoms with Gasteiger partial charge in [0, 0.05) is 24.8 Å². The van der Waals surface area contributed by atoms with Crippen LogP contribution in [0.5, 0.6) is 0 Å². The molecule has 0 atom stereocenters. The first-order chi connectivity index (χ1) is 11.5. The van der Waals surface area contributed by atoms with E-state index in [-0.39, 0.29) is 5.56 Å². The molecule has 0 heterocycles. The van der Waals surface area contributed by atoms with Crippen molar-refractivity contribution < 1.29 is 27.1 Å². The van der Waals surface area contributed by atoms with E-state index < -0.39 is 33.7 Å². The SMILES string of the molecule is CCOC(OCC)O[SiH2]c1ccc(-c2cc(F)c(F)cc2F)cc1. The molecular formula is C17H19F3O3Si. The van der Waals surface area contributed by atoms with Crippen molar-refractivity contribution in [2.45, 2.75) is 20.3 Å². The number of rotatable bonds is 8. The maximum Gasteiger partial charge on any atom is 0.261 e. The molecule has 2 rings (SSSR count). The van der Waals surface area contributed by atoms with Gasteiger partial charge in [0.25, 0.3) is 6.48 Å². The molecule has 0 spiro atoms. The lowest BCUT2D eigenvalue weighted by Gasteiger charge is -2.17. The topological polar surface area (TPSA) is 27.7 Å². The Labute approximate surface area is 141 Å². The van der Waals surface area contributed by atoms with Crippen LogP contribution >= 0.6 is 0 Å². The standard InChI is InChI=1S/C17H19F3O3Si/c1-3-21-17(22-4-2)23-24-12-7-5-11(6-8-12)13-9-15(19)16(20)10-14(13)18/h5-10,17H,3-4,24H2,1-2H3. The first kappa shape index (κ1) is 18.7.